The highest BCUT2D eigenvalue weighted by molar-refractivity contribution is 6.11. The van der Waals surface area contributed by atoms with Crippen LogP contribution < -0.4 is 5.32 Å². The Hall–Kier alpha value is -3.87. The number of ketones is 1. The van der Waals surface area contributed by atoms with Gasteiger partial charge in [-0.1, -0.05) is 30.3 Å². The fourth-order valence-electron chi connectivity index (χ4n) is 3.11. The highest BCUT2D eigenvalue weighted by Gasteiger charge is 2.25. The number of pyridine rings is 1. The smallest absolute Gasteiger partial charge is 0.337 e. The number of carboxylic acids is 1. The molecule has 0 saturated heterocycles. The number of hydrogen-bond donors (Lipinski definition) is 2. The zero-order valence-electron chi connectivity index (χ0n) is 16.4. The molecule has 2 N–H and O–H groups in total. The molecule has 3 aromatic rings. The molecule has 0 aliphatic heterocycles. The zero-order valence-corrected chi connectivity index (χ0v) is 16.4. The van der Waals surface area contributed by atoms with Crippen LogP contribution in [0.1, 0.15) is 49.3 Å². The summed E-state index contributed by atoms with van der Waals surface area (Å²) in [4.78, 5) is 40.3. The molecule has 0 aliphatic carbocycles. The summed E-state index contributed by atoms with van der Waals surface area (Å²) in [7, 11) is 0. The number of hydrogen-bond acceptors (Lipinski definition) is 4. The molecule has 1 amide bonds. The van der Waals surface area contributed by atoms with E-state index in [1.54, 1.807) is 19.1 Å². The highest BCUT2D eigenvalue weighted by Crippen LogP contribution is 2.31. The number of carboxylic acid groups (broad SMARTS) is 1. The van der Waals surface area contributed by atoms with Gasteiger partial charge in [-0.3, -0.25) is 14.6 Å². The van der Waals surface area contributed by atoms with Crippen molar-refractivity contribution in [2.75, 3.05) is 6.54 Å². The summed E-state index contributed by atoms with van der Waals surface area (Å²) in [5.41, 5.74) is 1.16. The van der Waals surface area contributed by atoms with E-state index in [1.165, 1.54) is 24.3 Å². The fourth-order valence-corrected chi connectivity index (χ4v) is 3.11. The van der Waals surface area contributed by atoms with E-state index in [0.717, 1.165) is 11.8 Å². The number of rotatable bonds is 6. The first-order chi connectivity index (χ1) is 14.3. The monoisotopic (exact) mass is 406 g/mol. The van der Waals surface area contributed by atoms with Gasteiger partial charge in [-0.2, -0.15) is 0 Å². The van der Waals surface area contributed by atoms with Crippen LogP contribution >= 0.6 is 0 Å². The van der Waals surface area contributed by atoms with Gasteiger partial charge in [-0.05, 0) is 48.7 Å². The van der Waals surface area contributed by atoms with Crippen LogP contribution in [0.2, 0.25) is 0 Å². The second kappa shape index (κ2) is 8.65. The van der Waals surface area contributed by atoms with Crippen LogP contribution in [-0.4, -0.2) is 34.3 Å². The van der Waals surface area contributed by atoms with E-state index in [0.29, 0.717) is 17.7 Å². The minimum Gasteiger partial charge on any atom is -0.478 e. The Bertz CT molecular complexity index is 1140. The molecular formula is C23H19FN2O4. The predicted octanol–water partition coefficient (Wildman–Crippen LogP) is 3.88. The van der Waals surface area contributed by atoms with Crippen LogP contribution in [0.3, 0.4) is 0 Å². The number of aromatic carboxylic acids is 1. The van der Waals surface area contributed by atoms with Crippen molar-refractivity contribution >= 4 is 17.7 Å². The van der Waals surface area contributed by atoms with Gasteiger partial charge in [-0.15, -0.1) is 0 Å². The van der Waals surface area contributed by atoms with E-state index in [4.69, 9.17) is 5.11 Å². The van der Waals surface area contributed by atoms with Gasteiger partial charge < -0.3 is 10.4 Å². The molecule has 0 unspecified atom stereocenters. The lowest BCUT2D eigenvalue weighted by Gasteiger charge is -2.15. The van der Waals surface area contributed by atoms with Gasteiger partial charge in [0.05, 0.1) is 16.7 Å². The summed E-state index contributed by atoms with van der Waals surface area (Å²) < 4.78 is 15.5. The molecule has 0 spiro atoms. The van der Waals surface area contributed by atoms with Gasteiger partial charge in [0.15, 0.2) is 0 Å². The first-order valence-corrected chi connectivity index (χ1v) is 9.25. The summed E-state index contributed by atoms with van der Waals surface area (Å²) >= 11 is 0. The summed E-state index contributed by atoms with van der Waals surface area (Å²) in [5, 5.41) is 11.5. The lowest BCUT2D eigenvalue weighted by molar-refractivity contribution is 0.0695. The molecule has 0 aliphatic rings. The van der Waals surface area contributed by atoms with Gasteiger partial charge in [0.1, 0.15) is 11.5 Å². The molecule has 1 aromatic heterocycles. The van der Waals surface area contributed by atoms with Crippen molar-refractivity contribution < 1.29 is 23.9 Å². The molecule has 0 atom stereocenters. The van der Waals surface area contributed by atoms with Crippen molar-refractivity contribution in [3.63, 3.8) is 0 Å². The van der Waals surface area contributed by atoms with Crippen LogP contribution in [0.15, 0.2) is 54.7 Å². The number of aryl methyl sites for hydroxylation is 1. The summed E-state index contributed by atoms with van der Waals surface area (Å²) in [6.45, 7) is 3.86. The molecule has 152 valence electrons. The molecule has 30 heavy (non-hydrogen) atoms. The first kappa shape index (κ1) is 20.9. The Balaban J connectivity index is 2.14. The van der Waals surface area contributed by atoms with E-state index >= 15 is 4.39 Å². The second-order valence-electron chi connectivity index (χ2n) is 6.59. The third-order valence-electron chi connectivity index (χ3n) is 4.63. The zero-order chi connectivity index (χ0) is 21.8. The number of amides is 1. The molecule has 6 nitrogen and oxygen atoms in total. The number of halogens is 1. The van der Waals surface area contributed by atoms with Crippen molar-refractivity contribution in [2.45, 2.75) is 13.8 Å². The quantitative estimate of drug-likeness (QED) is 0.606. The van der Waals surface area contributed by atoms with Crippen molar-refractivity contribution in [3.05, 3.63) is 88.5 Å². The Morgan fingerprint density at radius 3 is 2.37 bits per heavy atom. The molecule has 0 saturated carbocycles. The number of carbonyl (C=O) groups is 3. The number of nitrogens with one attached hydrogen (secondary N) is 1. The van der Waals surface area contributed by atoms with Crippen LogP contribution in [-0.2, 0) is 0 Å². The topological polar surface area (TPSA) is 96.4 Å². The van der Waals surface area contributed by atoms with Crippen molar-refractivity contribution in [1.29, 1.82) is 0 Å². The maximum Gasteiger partial charge on any atom is 0.337 e. The third-order valence-corrected chi connectivity index (χ3v) is 4.63. The molecular weight excluding hydrogens is 387 g/mol. The Kier molecular flexibility index (Phi) is 6.01. The van der Waals surface area contributed by atoms with E-state index in [-0.39, 0.29) is 22.4 Å². The van der Waals surface area contributed by atoms with Gasteiger partial charge in [-0.25, -0.2) is 9.18 Å². The second-order valence-corrected chi connectivity index (χ2v) is 6.59. The van der Waals surface area contributed by atoms with Crippen molar-refractivity contribution in [2.24, 2.45) is 0 Å². The molecule has 3 rings (SSSR count). The molecule has 1 heterocycles. The SMILES string of the molecule is CCNC(=O)c1c(-c2ccccc2C)ccc(C(=O)c2ccc(C(=O)O)cn2)c1F. The molecule has 0 bridgehead atoms. The summed E-state index contributed by atoms with van der Waals surface area (Å²) in [6, 6.07) is 12.5. The Labute approximate surface area is 172 Å². The van der Waals surface area contributed by atoms with Crippen LogP contribution in [0.4, 0.5) is 4.39 Å². The van der Waals surface area contributed by atoms with Gasteiger partial charge in [0.25, 0.3) is 5.91 Å². The maximum absolute atomic E-state index is 15.5. The number of carbonyl (C=O) groups excluding carboxylic acids is 2. The van der Waals surface area contributed by atoms with Gasteiger partial charge in [0.2, 0.25) is 5.78 Å². The van der Waals surface area contributed by atoms with E-state index in [2.05, 4.69) is 10.3 Å². The van der Waals surface area contributed by atoms with Crippen LogP contribution in [0.5, 0.6) is 0 Å². The highest BCUT2D eigenvalue weighted by atomic mass is 19.1. The molecule has 0 radical (unpaired) electrons. The number of nitrogens with zero attached hydrogens (tertiary/aromatic N) is 1. The number of benzene rings is 2. The number of aromatic nitrogens is 1. The van der Waals surface area contributed by atoms with E-state index < -0.39 is 23.5 Å². The standard InChI is InChI=1S/C23H19FN2O4/c1-3-25-22(28)19-16(15-7-5-4-6-13(15)2)9-10-17(20(19)24)21(27)18-11-8-14(12-26-18)23(29)30/h4-12H,3H2,1-2H3,(H,25,28)(H,29,30). The van der Waals surface area contributed by atoms with Gasteiger partial charge >= 0.3 is 5.97 Å². The Morgan fingerprint density at radius 2 is 1.77 bits per heavy atom. The fraction of sp³-hybridized carbons (Fsp3) is 0.130. The minimum absolute atomic E-state index is 0.0927. The Morgan fingerprint density at radius 1 is 1.03 bits per heavy atom. The van der Waals surface area contributed by atoms with Crippen molar-refractivity contribution in [3.8, 4) is 11.1 Å². The largest absolute Gasteiger partial charge is 0.478 e. The minimum atomic E-state index is -1.19. The average molecular weight is 406 g/mol. The normalized spacial score (nSPS) is 10.5. The summed E-state index contributed by atoms with van der Waals surface area (Å²) in [5.74, 6) is -3.51. The van der Waals surface area contributed by atoms with Crippen LogP contribution in [0, 0.1) is 12.7 Å². The van der Waals surface area contributed by atoms with E-state index in [1.807, 2.05) is 19.1 Å². The molecule has 7 heteroatoms. The first-order valence-electron chi connectivity index (χ1n) is 9.25. The van der Waals surface area contributed by atoms with Crippen LogP contribution in [0.25, 0.3) is 11.1 Å². The third kappa shape index (κ3) is 3.96. The lowest BCUT2D eigenvalue weighted by atomic mass is 9.92. The summed E-state index contributed by atoms with van der Waals surface area (Å²) in [6.07, 6.45) is 1.03. The predicted molar refractivity (Wildman–Crippen MR) is 109 cm³/mol. The van der Waals surface area contributed by atoms with Crippen molar-refractivity contribution in [1.82, 2.24) is 10.3 Å². The molecule has 0 fully saturated rings. The average Bonchev–Trinajstić information content (AvgIpc) is 2.73. The molecule has 2 aromatic carbocycles. The van der Waals surface area contributed by atoms with Gasteiger partial charge in [0, 0.05) is 12.7 Å². The maximum atomic E-state index is 15.5. The van der Waals surface area contributed by atoms with E-state index in [9.17, 15) is 14.4 Å². The lowest BCUT2D eigenvalue weighted by Crippen LogP contribution is -2.25.